The minimum absolute atomic E-state index is 0.0857. The molecule has 0 saturated carbocycles. The molecule has 0 aliphatic heterocycles. The van der Waals surface area contributed by atoms with Crippen molar-refractivity contribution in [1.82, 2.24) is 4.98 Å². The number of carbonyl (C=O) groups is 1. The van der Waals surface area contributed by atoms with Gasteiger partial charge in [0.25, 0.3) is 6.43 Å². The standard InChI is InChI=1S/C9H9BrF2N2O2/c1-16-7(15)2-4-5(13)3-6(9(11)12)14-8(4)10/h3,9H,2H2,1H3,(H2,13,14). The molecule has 0 spiro atoms. The van der Waals surface area contributed by atoms with Gasteiger partial charge in [-0.05, 0) is 22.0 Å². The Morgan fingerprint density at radius 3 is 2.75 bits per heavy atom. The van der Waals surface area contributed by atoms with E-state index in [0.717, 1.165) is 6.07 Å². The summed E-state index contributed by atoms with van der Waals surface area (Å²) in [5.74, 6) is -0.515. The molecule has 0 amide bonds. The Kier molecular flexibility index (Phi) is 4.17. The van der Waals surface area contributed by atoms with Gasteiger partial charge >= 0.3 is 5.97 Å². The fourth-order valence-electron chi connectivity index (χ4n) is 1.08. The lowest BCUT2D eigenvalue weighted by Crippen LogP contribution is -2.09. The van der Waals surface area contributed by atoms with E-state index in [4.69, 9.17) is 5.73 Å². The Morgan fingerprint density at radius 2 is 2.31 bits per heavy atom. The Morgan fingerprint density at radius 1 is 1.69 bits per heavy atom. The number of ether oxygens (including phenoxy) is 1. The number of hydrogen-bond donors (Lipinski definition) is 1. The SMILES string of the molecule is COC(=O)Cc1c(N)cc(C(F)F)nc1Br. The van der Waals surface area contributed by atoms with Gasteiger partial charge in [0.1, 0.15) is 10.3 Å². The summed E-state index contributed by atoms with van der Waals surface area (Å²) in [6.45, 7) is 0. The number of nitrogens with zero attached hydrogens (tertiary/aromatic N) is 1. The molecule has 1 heterocycles. The minimum Gasteiger partial charge on any atom is -0.469 e. The van der Waals surface area contributed by atoms with Gasteiger partial charge in [0.15, 0.2) is 0 Å². The van der Waals surface area contributed by atoms with E-state index in [9.17, 15) is 13.6 Å². The third-order valence-electron chi connectivity index (χ3n) is 1.90. The number of esters is 1. The number of rotatable bonds is 3. The first-order valence-corrected chi connectivity index (χ1v) is 5.04. The van der Waals surface area contributed by atoms with Gasteiger partial charge < -0.3 is 10.5 Å². The number of alkyl halides is 2. The molecule has 1 aromatic rings. The molecule has 2 N–H and O–H groups in total. The van der Waals surface area contributed by atoms with Crippen molar-refractivity contribution >= 4 is 27.6 Å². The van der Waals surface area contributed by atoms with Crippen LogP contribution in [0.2, 0.25) is 0 Å². The molecule has 0 aliphatic rings. The van der Waals surface area contributed by atoms with E-state index in [1.165, 1.54) is 7.11 Å². The van der Waals surface area contributed by atoms with Gasteiger partial charge in [-0.25, -0.2) is 13.8 Å². The van der Waals surface area contributed by atoms with E-state index in [2.05, 4.69) is 25.7 Å². The summed E-state index contributed by atoms with van der Waals surface area (Å²) in [5.41, 5.74) is 5.55. The van der Waals surface area contributed by atoms with Crippen molar-refractivity contribution < 1.29 is 18.3 Å². The summed E-state index contributed by atoms with van der Waals surface area (Å²) in [4.78, 5) is 14.6. The Labute approximate surface area is 98.9 Å². The molecule has 1 aromatic heterocycles. The minimum atomic E-state index is -2.70. The van der Waals surface area contributed by atoms with E-state index < -0.39 is 18.1 Å². The second kappa shape index (κ2) is 5.20. The number of nitrogen functional groups attached to an aromatic ring is 1. The molecule has 1 rings (SSSR count). The van der Waals surface area contributed by atoms with Crippen LogP contribution in [0.3, 0.4) is 0 Å². The average Bonchev–Trinajstić information content (AvgIpc) is 2.22. The second-order valence-electron chi connectivity index (χ2n) is 2.96. The quantitative estimate of drug-likeness (QED) is 0.685. The van der Waals surface area contributed by atoms with Crippen LogP contribution in [0.25, 0.3) is 0 Å². The number of carbonyl (C=O) groups excluding carboxylic acids is 1. The van der Waals surface area contributed by atoms with E-state index in [0.29, 0.717) is 5.56 Å². The first kappa shape index (κ1) is 12.8. The Balaban J connectivity index is 3.07. The van der Waals surface area contributed by atoms with E-state index in [-0.39, 0.29) is 16.7 Å². The molecule has 4 nitrogen and oxygen atoms in total. The number of nitrogens with two attached hydrogens (primary N) is 1. The maximum Gasteiger partial charge on any atom is 0.310 e. The predicted octanol–water partition coefficient (Wildman–Crippen LogP) is 2.08. The number of halogens is 3. The molecule has 0 aromatic carbocycles. The summed E-state index contributed by atoms with van der Waals surface area (Å²) in [7, 11) is 1.23. The van der Waals surface area contributed by atoms with Crippen molar-refractivity contribution in [1.29, 1.82) is 0 Å². The summed E-state index contributed by atoms with van der Waals surface area (Å²) in [5, 5.41) is 0. The summed E-state index contributed by atoms with van der Waals surface area (Å²) in [6, 6.07) is 1.05. The molecule has 0 fully saturated rings. The summed E-state index contributed by atoms with van der Waals surface area (Å²) in [6.07, 6.45) is -2.81. The maximum atomic E-state index is 12.4. The van der Waals surface area contributed by atoms with Crippen molar-refractivity contribution in [3.05, 3.63) is 21.9 Å². The van der Waals surface area contributed by atoms with Crippen LogP contribution in [0, 0.1) is 0 Å². The van der Waals surface area contributed by atoms with Gasteiger partial charge in [0, 0.05) is 11.3 Å². The van der Waals surface area contributed by atoms with Gasteiger partial charge in [0.05, 0.1) is 13.5 Å². The zero-order valence-electron chi connectivity index (χ0n) is 8.34. The van der Waals surface area contributed by atoms with E-state index in [1.807, 2.05) is 0 Å². The normalized spacial score (nSPS) is 10.6. The fraction of sp³-hybridized carbons (Fsp3) is 0.333. The zero-order valence-corrected chi connectivity index (χ0v) is 9.92. The molecule has 88 valence electrons. The second-order valence-corrected chi connectivity index (χ2v) is 3.71. The monoisotopic (exact) mass is 294 g/mol. The topological polar surface area (TPSA) is 65.2 Å². The van der Waals surface area contributed by atoms with Crippen molar-refractivity contribution in [3.63, 3.8) is 0 Å². The van der Waals surface area contributed by atoms with E-state index in [1.54, 1.807) is 0 Å². The number of anilines is 1. The Bertz CT molecular complexity index is 389. The maximum absolute atomic E-state index is 12.4. The largest absolute Gasteiger partial charge is 0.469 e. The summed E-state index contributed by atoms with van der Waals surface area (Å²) >= 11 is 2.99. The van der Waals surface area contributed by atoms with Gasteiger partial charge in [-0.2, -0.15) is 0 Å². The molecule has 7 heteroatoms. The van der Waals surface area contributed by atoms with Crippen LogP contribution in [-0.4, -0.2) is 18.1 Å². The van der Waals surface area contributed by atoms with Crippen LogP contribution in [0.4, 0.5) is 14.5 Å². The van der Waals surface area contributed by atoms with Crippen LogP contribution >= 0.6 is 15.9 Å². The molecule has 0 bridgehead atoms. The molecule has 0 aliphatic carbocycles. The van der Waals surface area contributed by atoms with Crippen molar-refractivity contribution in [2.45, 2.75) is 12.8 Å². The van der Waals surface area contributed by atoms with Crippen LogP contribution in [-0.2, 0) is 16.0 Å². The number of methoxy groups -OCH3 is 1. The first-order valence-electron chi connectivity index (χ1n) is 4.25. The van der Waals surface area contributed by atoms with Crippen LogP contribution in [0.15, 0.2) is 10.7 Å². The van der Waals surface area contributed by atoms with E-state index >= 15 is 0 Å². The van der Waals surface area contributed by atoms with Crippen molar-refractivity contribution in [3.8, 4) is 0 Å². The molecule has 0 saturated heterocycles. The lowest BCUT2D eigenvalue weighted by molar-refractivity contribution is -0.139. The Hall–Kier alpha value is -1.24. The predicted molar refractivity (Wildman–Crippen MR) is 57.0 cm³/mol. The molecule has 0 unspecified atom stereocenters. The van der Waals surface area contributed by atoms with Gasteiger partial charge in [0.2, 0.25) is 0 Å². The van der Waals surface area contributed by atoms with Crippen LogP contribution in [0.5, 0.6) is 0 Å². The molecule has 0 radical (unpaired) electrons. The smallest absolute Gasteiger partial charge is 0.310 e. The highest BCUT2D eigenvalue weighted by atomic mass is 79.9. The number of aromatic nitrogens is 1. The summed E-state index contributed by atoms with van der Waals surface area (Å²) < 4.78 is 29.3. The molecular formula is C9H9BrF2N2O2. The number of hydrogen-bond acceptors (Lipinski definition) is 4. The highest BCUT2D eigenvalue weighted by molar-refractivity contribution is 9.10. The molecular weight excluding hydrogens is 286 g/mol. The zero-order chi connectivity index (χ0) is 12.3. The lowest BCUT2D eigenvalue weighted by Gasteiger charge is -2.09. The average molecular weight is 295 g/mol. The van der Waals surface area contributed by atoms with Crippen LogP contribution < -0.4 is 5.73 Å². The first-order chi connectivity index (χ1) is 7.45. The highest BCUT2D eigenvalue weighted by Crippen LogP contribution is 2.27. The van der Waals surface area contributed by atoms with Gasteiger partial charge in [-0.1, -0.05) is 0 Å². The van der Waals surface area contributed by atoms with Gasteiger partial charge in [-0.3, -0.25) is 4.79 Å². The lowest BCUT2D eigenvalue weighted by atomic mass is 10.1. The third-order valence-corrected chi connectivity index (χ3v) is 2.56. The third kappa shape index (κ3) is 2.88. The molecule has 0 atom stereocenters. The fourth-order valence-corrected chi connectivity index (χ4v) is 1.66. The number of pyridine rings is 1. The molecule has 16 heavy (non-hydrogen) atoms. The highest BCUT2D eigenvalue weighted by Gasteiger charge is 2.17. The van der Waals surface area contributed by atoms with Crippen molar-refractivity contribution in [2.24, 2.45) is 0 Å². The van der Waals surface area contributed by atoms with Gasteiger partial charge in [-0.15, -0.1) is 0 Å². The van der Waals surface area contributed by atoms with Crippen molar-refractivity contribution in [2.75, 3.05) is 12.8 Å². The van der Waals surface area contributed by atoms with Crippen LogP contribution in [0.1, 0.15) is 17.7 Å².